The van der Waals surface area contributed by atoms with Gasteiger partial charge in [-0.25, -0.2) is 4.98 Å². The first-order valence-corrected chi connectivity index (χ1v) is 6.48. The maximum atomic E-state index is 11.3. The van der Waals surface area contributed by atoms with Crippen LogP contribution in [0.2, 0.25) is 0 Å². The second kappa shape index (κ2) is 4.88. The maximum absolute atomic E-state index is 11.3. The first-order valence-electron chi connectivity index (χ1n) is 6.48. The van der Waals surface area contributed by atoms with Crippen molar-refractivity contribution in [2.45, 2.75) is 12.8 Å². The minimum absolute atomic E-state index is 0.342. The van der Waals surface area contributed by atoms with Gasteiger partial charge in [0.1, 0.15) is 17.4 Å². The Morgan fingerprint density at radius 2 is 1.95 bits per heavy atom. The quantitative estimate of drug-likeness (QED) is 0.827. The zero-order chi connectivity index (χ0) is 13.2. The molecule has 2 heterocycles. The number of hydrogen-bond acceptors (Lipinski definition) is 4. The van der Waals surface area contributed by atoms with E-state index in [1.165, 1.54) is 0 Å². The molecule has 2 aromatic rings. The van der Waals surface area contributed by atoms with Crippen molar-refractivity contribution < 1.29 is 9.53 Å². The van der Waals surface area contributed by atoms with E-state index in [0.29, 0.717) is 18.6 Å². The normalized spacial score (nSPS) is 15.8. The lowest BCUT2D eigenvalue weighted by Gasteiger charge is -2.28. The van der Waals surface area contributed by atoms with Crippen LogP contribution in [0.4, 0.5) is 5.82 Å². The fraction of sp³-hybridized carbons (Fsp3) is 0.333. The first kappa shape index (κ1) is 12.0. The Morgan fingerprint density at radius 1 is 1.16 bits per heavy atom. The van der Waals surface area contributed by atoms with Crippen LogP contribution in [0.3, 0.4) is 0 Å². The number of pyridine rings is 1. The molecule has 0 bridgehead atoms. The smallest absolute Gasteiger partial charge is 0.136 e. The van der Waals surface area contributed by atoms with Crippen LogP contribution in [0.25, 0.3) is 10.8 Å². The van der Waals surface area contributed by atoms with Gasteiger partial charge < -0.3 is 9.64 Å². The molecule has 0 spiro atoms. The van der Waals surface area contributed by atoms with Crippen molar-refractivity contribution in [3.05, 3.63) is 30.5 Å². The molecule has 3 rings (SSSR count). The van der Waals surface area contributed by atoms with Gasteiger partial charge in [0.15, 0.2) is 0 Å². The summed E-state index contributed by atoms with van der Waals surface area (Å²) in [5, 5.41) is 2.14. The van der Waals surface area contributed by atoms with Gasteiger partial charge in [-0.15, -0.1) is 0 Å². The average molecular weight is 256 g/mol. The van der Waals surface area contributed by atoms with E-state index in [-0.39, 0.29) is 0 Å². The molecule has 1 aromatic heterocycles. The van der Waals surface area contributed by atoms with Crippen molar-refractivity contribution in [3.63, 3.8) is 0 Å². The second-order valence-electron chi connectivity index (χ2n) is 4.72. The maximum Gasteiger partial charge on any atom is 0.136 e. The summed E-state index contributed by atoms with van der Waals surface area (Å²) < 4.78 is 5.39. The van der Waals surface area contributed by atoms with E-state index < -0.39 is 0 Å². The number of methoxy groups -OCH3 is 1. The predicted octanol–water partition coefficient (Wildman–Crippen LogP) is 2.41. The Labute approximate surface area is 112 Å². The number of nitrogens with zero attached hydrogens (tertiary/aromatic N) is 2. The number of hydrogen-bond donors (Lipinski definition) is 0. The van der Waals surface area contributed by atoms with Crippen molar-refractivity contribution in [2.24, 2.45) is 0 Å². The fourth-order valence-corrected chi connectivity index (χ4v) is 2.56. The molecule has 0 saturated carbocycles. The number of Topliss-reactive ketones (excluding diaryl/α,β-unsaturated/α-hetero) is 1. The minimum atomic E-state index is 0.342. The molecule has 1 aliphatic rings. The molecule has 0 aliphatic carbocycles. The number of fused-ring (bicyclic) bond motifs is 1. The number of anilines is 1. The monoisotopic (exact) mass is 256 g/mol. The van der Waals surface area contributed by atoms with Crippen LogP contribution in [-0.4, -0.2) is 31.0 Å². The lowest BCUT2D eigenvalue weighted by atomic mass is 10.1. The van der Waals surface area contributed by atoms with Crippen LogP contribution >= 0.6 is 0 Å². The number of piperidine rings is 1. The van der Waals surface area contributed by atoms with Crippen molar-refractivity contribution in [1.82, 2.24) is 4.98 Å². The zero-order valence-electron chi connectivity index (χ0n) is 10.9. The number of ether oxygens (including phenoxy) is 1. The molecule has 0 atom stereocenters. The van der Waals surface area contributed by atoms with Gasteiger partial charge in [-0.2, -0.15) is 0 Å². The molecule has 1 aliphatic heterocycles. The van der Waals surface area contributed by atoms with Gasteiger partial charge >= 0.3 is 0 Å². The van der Waals surface area contributed by atoms with Crippen LogP contribution in [-0.2, 0) is 4.79 Å². The summed E-state index contributed by atoms with van der Waals surface area (Å²) in [5.74, 6) is 2.15. The first-order chi connectivity index (χ1) is 9.29. The topological polar surface area (TPSA) is 42.4 Å². The van der Waals surface area contributed by atoms with Gasteiger partial charge in [-0.3, -0.25) is 4.79 Å². The lowest BCUT2D eigenvalue weighted by molar-refractivity contribution is -0.119. The molecule has 0 unspecified atom stereocenters. The summed E-state index contributed by atoms with van der Waals surface area (Å²) in [6.45, 7) is 1.50. The molecule has 98 valence electrons. The molecule has 1 aromatic carbocycles. The minimum Gasteiger partial charge on any atom is -0.496 e. The van der Waals surface area contributed by atoms with E-state index in [4.69, 9.17) is 4.74 Å². The standard InChI is InChI=1S/C15H16N2O2/c1-19-14-4-2-3-13-12(14)5-8-16-15(13)17-9-6-11(18)7-10-17/h2-5,8H,6-7,9-10H2,1H3. The molecule has 0 radical (unpaired) electrons. The van der Waals surface area contributed by atoms with Gasteiger partial charge in [0.2, 0.25) is 0 Å². The third-order valence-corrected chi connectivity index (χ3v) is 3.59. The van der Waals surface area contributed by atoms with Crippen molar-refractivity contribution in [3.8, 4) is 5.75 Å². The molecule has 4 nitrogen and oxygen atoms in total. The summed E-state index contributed by atoms with van der Waals surface area (Å²) in [7, 11) is 1.68. The molecule has 1 fully saturated rings. The molecular formula is C15H16N2O2. The van der Waals surface area contributed by atoms with E-state index in [9.17, 15) is 4.79 Å². The Hall–Kier alpha value is -2.10. The van der Waals surface area contributed by atoms with Crippen molar-refractivity contribution >= 4 is 22.4 Å². The zero-order valence-corrected chi connectivity index (χ0v) is 10.9. The molecule has 1 saturated heterocycles. The SMILES string of the molecule is COc1cccc2c(N3CCC(=O)CC3)nccc12. The van der Waals surface area contributed by atoms with Gasteiger partial charge in [0, 0.05) is 42.9 Å². The van der Waals surface area contributed by atoms with E-state index >= 15 is 0 Å². The average Bonchev–Trinajstić information content (AvgIpc) is 2.47. The molecule has 0 N–H and O–H groups in total. The summed E-state index contributed by atoms with van der Waals surface area (Å²) in [5.41, 5.74) is 0. The van der Waals surface area contributed by atoms with Crippen LogP contribution < -0.4 is 9.64 Å². The third-order valence-electron chi connectivity index (χ3n) is 3.59. The highest BCUT2D eigenvalue weighted by molar-refractivity contribution is 5.96. The van der Waals surface area contributed by atoms with Gasteiger partial charge in [-0.05, 0) is 12.1 Å². The summed E-state index contributed by atoms with van der Waals surface area (Å²) in [4.78, 5) is 18.0. The predicted molar refractivity (Wildman–Crippen MR) is 74.7 cm³/mol. The Morgan fingerprint density at radius 3 is 2.68 bits per heavy atom. The number of aromatic nitrogens is 1. The Bertz CT molecular complexity index is 615. The van der Waals surface area contributed by atoms with Crippen LogP contribution in [0.1, 0.15) is 12.8 Å². The highest BCUT2D eigenvalue weighted by Crippen LogP contribution is 2.31. The molecular weight excluding hydrogens is 240 g/mol. The van der Waals surface area contributed by atoms with E-state index in [2.05, 4.69) is 16.0 Å². The number of benzene rings is 1. The molecule has 4 heteroatoms. The summed E-state index contributed by atoms with van der Waals surface area (Å²) >= 11 is 0. The Kier molecular flexibility index (Phi) is 3.07. The highest BCUT2D eigenvalue weighted by atomic mass is 16.5. The van der Waals surface area contributed by atoms with Crippen LogP contribution in [0.5, 0.6) is 5.75 Å². The van der Waals surface area contributed by atoms with E-state index in [0.717, 1.165) is 35.4 Å². The lowest BCUT2D eigenvalue weighted by Crippen LogP contribution is -2.34. The Balaban J connectivity index is 2.06. The number of carbonyl (C=O) groups is 1. The third kappa shape index (κ3) is 2.14. The molecule has 19 heavy (non-hydrogen) atoms. The van der Waals surface area contributed by atoms with Crippen molar-refractivity contribution in [1.29, 1.82) is 0 Å². The van der Waals surface area contributed by atoms with Gasteiger partial charge in [0.05, 0.1) is 7.11 Å². The van der Waals surface area contributed by atoms with Crippen LogP contribution in [0, 0.1) is 0 Å². The highest BCUT2D eigenvalue weighted by Gasteiger charge is 2.19. The summed E-state index contributed by atoms with van der Waals surface area (Å²) in [6.07, 6.45) is 3.03. The van der Waals surface area contributed by atoms with Crippen LogP contribution in [0.15, 0.2) is 30.5 Å². The fourth-order valence-electron chi connectivity index (χ4n) is 2.56. The second-order valence-corrected chi connectivity index (χ2v) is 4.72. The largest absolute Gasteiger partial charge is 0.496 e. The van der Waals surface area contributed by atoms with Gasteiger partial charge in [-0.1, -0.05) is 12.1 Å². The van der Waals surface area contributed by atoms with Crippen molar-refractivity contribution in [2.75, 3.05) is 25.1 Å². The van der Waals surface area contributed by atoms with E-state index in [1.54, 1.807) is 13.3 Å². The number of rotatable bonds is 2. The molecule has 0 amide bonds. The van der Waals surface area contributed by atoms with Gasteiger partial charge in [0.25, 0.3) is 0 Å². The number of carbonyl (C=O) groups excluding carboxylic acids is 1. The summed E-state index contributed by atoms with van der Waals surface area (Å²) in [6, 6.07) is 7.94. The van der Waals surface area contributed by atoms with E-state index in [1.807, 2.05) is 18.2 Å². The number of ketones is 1.